The standard InChI is InChI=1S/C20H17N5O/c1-15-2-6-17(7-3-15)22-20(26)25-12-10-19(23-25)16-4-8-18(9-5-16)24-13-11-21-14-24/h2-14H,1H3,(H,22,26). The fourth-order valence-corrected chi connectivity index (χ4v) is 2.62. The summed E-state index contributed by atoms with van der Waals surface area (Å²) in [6, 6.07) is 17.1. The van der Waals surface area contributed by atoms with Crippen LogP contribution < -0.4 is 5.32 Å². The largest absolute Gasteiger partial charge is 0.346 e. The van der Waals surface area contributed by atoms with E-state index in [-0.39, 0.29) is 6.03 Å². The summed E-state index contributed by atoms with van der Waals surface area (Å²) in [4.78, 5) is 16.4. The van der Waals surface area contributed by atoms with Gasteiger partial charge in [-0.25, -0.2) is 9.78 Å². The summed E-state index contributed by atoms with van der Waals surface area (Å²) in [5.41, 5.74) is 4.57. The topological polar surface area (TPSA) is 64.7 Å². The van der Waals surface area contributed by atoms with Crippen LogP contribution in [-0.2, 0) is 0 Å². The summed E-state index contributed by atoms with van der Waals surface area (Å²) in [6.45, 7) is 2.00. The van der Waals surface area contributed by atoms with E-state index in [2.05, 4.69) is 15.4 Å². The van der Waals surface area contributed by atoms with Crippen LogP contribution in [0.3, 0.4) is 0 Å². The highest BCUT2D eigenvalue weighted by molar-refractivity contribution is 5.90. The fourth-order valence-electron chi connectivity index (χ4n) is 2.62. The Morgan fingerprint density at radius 1 is 0.962 bits per heavy atom. The minimum Gasteiger partial charge on any atom is -0.306 e. The molecule has 26 heavy (non-hydrogen) atoms. The van der Waals surface area contributed by atoms with E-state index in [1.165, 1.54) is 4.68 Å². The molecule has 2 heterocycles. The van der Waals surface area contributed by atoms with Crippen LogP contribution >= 0.6 is 0 Å². The normalized spacial score (nSPS) is 10.7. The van der Waals surface area contributed by atoms with Crippen molar-refractivity contribution in [2.45, 2.75) is 6.92 Å². The van der Waals surface area contributed by atoms with Gasteiger partial charge < -0.3 is 9.88 Å². The second-order valence-corrected chi connectivity index (χ2v) is 5.96. The number of hydrogen-bond acceptors (Lipinski definition) is 3. The van der Waals surface area contributed by atoms with Crippen molar-refractivity contribution in [1.82, 2.24) is 19.3 Å². The van der Waals surface area contributed by atoms with Crippen LogP contribution in [0.25, 0.3) is 16.9 Å². The summed E-state index contributed by atoms with van der Waals surface area (Å²) in [5.74, 6) is 0. The molecule has 1 N–H and O–H groups in total. The van der Waals surface area contributed by atoms with E-state index in [1.807, 2.05) is 72.3 Å². The van der Waals surface area contributed by atoms with Crippen LogP contribution in [0.1, 0.15) is 5.56 Å². The molecule has 0 saturated heterocycles. The third-order valence-electron chi connectivity index (χ3n) is 4.07. The zero-order valence-corrected chi connectivity index (χ0v) is 14.2. The Labute approximate surface area is 150 Å². The molecular formula is C20H17N5O. The highest BCUT2D eigenvalue weighted by atomic mass is 16.2. The molecule has 0 unspecified atom stereocenters. The second-order valence-electron chi connectivity index (χ2n) is 5.96. The number of amides is 1. The monoisotopic (exact) mass is 343 g/mol. The van der Waals surface area contributed by atoms with Gasteiger partial charge in [-0.15, -0.1) is 0 Å². The molecule has 0 fully saturated rings. The highest BCUT2D eigenvalue weighted by Gasteiger charge is 2.09. The van der Waals surface area contributed by atoms with E-state index >= 15 is 0 Å². The van der Waals surface area contributed by atoms with Gasteiger partial charge in [-0.2, -0.15) is 9.78 Å². The van der Waals surface area contributed by atoms with Gasteiger partial charge in [0, 0.05) is 35.5 Å². The first-order valence-corrected chi connectivity index (χ1v) is 8.21. The number of carbonyl (C=O) groups excluding carboxylic acids is 1. The second kappa shape index (κ2) is 6.68. The van der Waals surface area contributed by atoms with Gasteiger partial charge in [-0.1, -0.05) is 29.8 Å². The third-order valence-corrected chi connectivity index (χ3v) is 4.07. The van der Waals surface area contributed by atoms with Crippen molar-refractivity contribution in [3.05, 3.63) is 85.1 Å². The Bertz CT molecular complexity index is 1020. The molecule has 0 aliphatic carbocycles. The highest BCUT2D eigenvalue weighted by Crippen LogP contribution is 2.19. The molecular weight excluding hydrogens is 326 g/mol. The maximum absolute atomic E-state index is 12.3. The fraction of sp³-hybridized carbons (Fsp3) is 0.0500. The molecule has 2 aromatic carbocycles. The summed E-state index contributed by atoms with van der Waals surface area (Å²) >= 11 is 0. The molecule has 4 aromatic rings. The molecule has 0 radical (unpaired) electrons. The Balaban J connectivity index is 1.50. The van der Waals surface area contributed by atoms with Crippen LogP contribution in [0.15, 0.2) is 79.5 Å². The predicted molar refractivity (Wildman–Crippen MR) is 100 cm³/mol. The number of benzene rings is 2. The van der Waals surface area contributed by atoms with Crippen LogP contribution in [0, 0.1) is 6.92 Å². The van der Waals surface area contributed by atoms with Gasteiger partial charge in [0.1, 0.15) is 0 Å². The Kier molecular flexibility index (Phi) is 4.07. The van der Waals surface area contributed by atoms with Crippen molar-refractivity contribution in [3.8, 4) is 16.9 Å². The minimum atomic E-state index is -0.296. The number of carbonyl (C=O) groups is 1. The molecule has 0 atom stereocenters. The lowest BCUT2D eigenvalue weighted by atomic mass is 10.1. The summed E-state index contributed by atoms with van der Waals surface area (Å²) in [6.07, 6.45) is 7.03. The zero-order valence-electron chi connectivity index (χ0n) is 14.2. The minimum absolute atomic E-state index is 0.296. The van der Waals surface area contributed by atoms with Crippen molar-refractivity contribution < 1.29 is 4.79 Å². The lowest BCUT2D eigenvalue weighted by Crippen LogP contribution is -2.19. The molecule has 0 aliphatic rings. The van der Waals surface area contributed by atoms with E-state index in [0.29, 0.717) is 0 Å². The van der Waals surface area contributed by atoms with Crippen LogP contribution in [0.2, 0.25) is 0 Å². The lowest BCUT2D eigenvalue weighted by Gasteiger charge is -2.05. The van der Waals surface area contributed by atoms with Crippen molar-refractivity contribution in [2.75, 3.05) is 5.32 Å². The third kappa shape index (κ3) is 3.25. The number of anilines is 1. The average molecular weight is 343 g/mol. The van der Waals surface area contributed by atoms with Gasteiger partial charge in [0.15, 0.2) is 0 Å². The van der Waals surface area contributed by atoms with Gasteiger partial charge in [-0.3, -0.25) is 0 Å². The maximum atomic E-state index is 12.3. The van der Waals surface area contributed by atoms with Crippen molar-refractivity contribution in [3.63, 3.8) is 0 Å². The van der Waals surface area contributed by atoms with E-state index < -0.39 is 0 Å². The molecule has 1 amide bonds. The molecule has 0 aliphatic heterocycles. The Hall–Kier alpha value is -3.67. The molecule has 6 nitrogen and oxygen atoms in total. The van der Waals surface area contributed by atoms with Crippen LogP contribution in [0.4, 0.5) is 10.5 Å². The van der Waals surface area contributed by atoms with Gasteiger partial charge in [-0.05, 0) is 37.3 Å². The molecule has 2 aromatic heterocycles. The van der Waals surface area contributed by atoms with E-state index in [0.717, 1.165) is 28.2 Å². The first-order valence-electron chi connectivity index (χ1n) is 8.21. The maximum Gasteiger partial charge on any atom is 0.346 e. The smallest absolute Gasteiger partial charge is 0.306 e. The number of imidazole rings is 1. The zero-order chi connectivity index (χ0) is 17.9. The number of nitrogens with zero attached hydrogens (tertiary/aromatic N) is 4. The quantitative estimate of drug-likeness (QED) is 0.608. The summed E-state index contributed by atoms with van der Waals surface area (Å²) in [5, 5.41) is 7.20. The summed E-state index contributed by atoms with van der Waals surface area (Å²) in [7, 11) is 0. The van der Waals surface area contributed by atoms with E-state index in [4.69, 9.17) is 0 Å². The lowest BCUT2D eigenvalue weighted by molar-refractivity contribution is 0.251. The predicted octanol–water partition coefficient (Wildman–Crippen LogP) is 4.12. The number of aryl methyl sites for hydroxylation is 1. The number of aromatic nitrogens is 4. The molecule has 128 valence electrons. The Morgan fingerprint density at radius 2 is 1.73 bits per heavy atom. The van der Waals surface area contributed by atoms with Crippen molar-refractivity contribution in [2.24, 2.45) is 0 Å². The molecule has 0 bridgehead atoms. The van der Waals surface area contributed by atoms with Crippen molar-refractivity contribution in [1.29, 1.82) is 0 Å². The number of hydrogen-bond donors (Lipinski definition) is 1. The van der Waals surface area contributed by atoms with Crippen LogP contribution in [0.5, 0.6) is 0 Å². The van der Waals surface area contributed by atoms with Crippen molar-refractivity contribution >= 4 is 11.7 Å². The molecule has 0 saturated carbocycles. The average Bonchev–Trinajstić information content (AvgIpc) is 3.36. The molecule has 4 rings (SSSR count). The number of rotatable bonds is 3. The number of nitrogens with one attached hydrogen (secondary N) is 1. The van der Waals surface area contributed by atoms with Crippen LogP contribution in [-0.4, -0.2) is 25.4 Å². The summed E-state index contributed by atoms with van der Waals surface area (Å²) < 4.78 is 3.23. The van der Waals surface area contributed by atoms with Gasteiger partial charge in [0.25, 0.3) is 0 Å². The molecule has 0 spiro atoms. The first-order chi connectivity index (χ1) is 12.7. The van der Waals surface area contributed by atoms with Gasteiger partial charge in [0.05, 0.1) is 12.0 Å². The Morgan fingerprint density at radius 3 is 2.42 bits per heavy atom. The van der Waals surface area contributed by atoms with E-state index in [1.54, 1.807) is 18.7 Å². The van der Waals surface area contributed by atoms with E-state index in [9.17, 15) is 4.79 Å². The SMILES string of the molecule is Cc1ccc(NC(=O)n2ccc(-c3ccc(-n4ccnc4)cc3)n2)cc1. The first kappa shape index (κ1) is 15.8. The van der Waals surface area contributed by atoms with Gasteiger partial charge >= 0.3 is 6.03 Å². The van der Waals surface area contributed by atoms with Gasteiger partial charge in [0.2, 0.25) is 0 Å². The molecule has 6 heteroatoms.